The molecule has 0 unspecified atom stereocenters. The van der Waals surface area contributed by atoms with Gasteiger partial charge in [0.2, 0.25) is 0 Å². The van der Waals surface area contributed by atoms with Crippen molar-refractivity contribution in [2.75, 3.05) is 18.6 Å². The third kappa shape index (κ3) is 4.00. The number of carbonyl (C=O) groups is 1. The molecule has 1 fully saturated rings. The van der Waals surface area contributed by atoms with E-state index >= 15 is 0 Å². The molecular formula is C23H21N5O3S2. The highest BCUT2D eigenvalue weighted by Crippen LogP contribution is 2.48. The van der Waals surface area contributed by atoms with E-state index < -0.39 is 5.97 Å². The van der Waals surface area contributed by atoms with Gasteiger partial charge in [0.25, 0.3) is 0 Å². The molecule has 0 radical (unpaired) electrons. The number of aromatic carboxylic acids is 1. The summed E-state index contributed by atoms with van der Waals surface area (Å²) >= 11 is 0. The van der Waals surface area contributed by atoms with Gasteiger partial charge in [0, 0.05) is 22.5 Å². The van der Waals surface area contributed by atoms with E-state index in [0.717, 1.165) is 22.6 Å². The van der Waals surface area contributed by atoms with Gasteiger partial charge >= 0.3 is 5.97 Å². The van der Waals surface area contributed by atoms with Crippen molar-refractivity contribution >= 4 is 44.4 Å². The van der Waals surface area contributed by atoms with E-state index in [9.17, 15) is 9.90 Å². The van der Waals surface area contributed by atoms with Crippen molar-refractivity contribution in [2.45, 2.75) is 17.7 Å². The number of hydrogen-bond acceptors (Lipinski definition) is 8. The summed E-state index contributed by atoms with van der Waals surface area (Å²) in [5.74, 6) is 1.14. The number of nitrogens with two attached hydrogens (primary N) is 1. The first-order chi connectivity index (χ1) is 16.1. The van der Waals surface area contributed by atoms with Crippen LogP contribution in [-0.2, 0) is 6.54 Å². The minimum atomic E-state index is -0.905. The molecule has 0 amide bonds. The molecule has 33 heavy (non-hydrogen) atoms. The molecule has 0 aliphatic carbocycles. The van der Waals surface area contributed by atoms with Crippen LogP contribution >= 0.6 is 21.6 Å². The van der Waals surface area contributed by atoms with Crippen LogP contribution in [0.4, 0.5) is 5.82 Å². The lowest BCUT2D eigenvalue weighted by Gasteiger charge is -2.20. The molecule has 0 spiro atoms. The Morgan fingerprint density at radius 3 is 2.76 bits per heavy atom. The first kappa shape index (κ1) is 21.6. The minimum absolute atomic E-state index is 0.0789. The Morgan fingerprint density at radius 2 is 2.00 bits per heavy atom. The number of aromatic nitrogens is 4. The Morgan fingerprint density at radius 1 is 1.21 bits per heavy atom. The number of anilines is 1. The van der Waals surface area contributed by atoms with Crippen LogP contribution in [0.15, 0.2) is 54.9 Å². The summed E-state index contributed by atoms with van der Waals surface area (Å²) in [6.45, 7) is 0.569. The summed E-state index contributed by atoms with van der Waals surface area (Å²) < 4.78 is 7.14. The quantitative estimate of drug-likeness (QED) is 0.390. The predicted octanol–water partition coefficient (Wildman–Crippen LogP) is 4.33. The maximum absolute atomic E-state index is 11.8. The molecule has 2 aromatic carbocycles. The molecule has 1 aliphatic heterocycles. The minimum Gasteiger partial charge on any atom is -0.497 e. The SMILES string of the molecule is COc1ccc(-c2nn(C[C@@H]3SSC[C@H]3c3ccccc3C(=O)O)c3ncnc(N)c23)cc1. The van der Waals surface area contributed by atoms with Crippen molar-refractivity contribution in [1.82, 2.24) is 19.7 Å². The van der Waals surface area contributed by atoms with Crippen molar-refractivity contribution < 1.29 is 14.6 Å². The first-order valence-electron chi connectivity index (χ1n) is 10.3. The van der Waals surface area contributed by atoms with Crippen molar-refractivity contribution in [2.24, 2.45) is 0 Å². The molecule has 3 N–H and O–H groups in total. The molecular weight excluding hydrogens is 458 g/mol. The number of rotatable bonds is 6. The monoisotopic (exact) mass is 479 g/mol. The highest BCUT2D eigenvalue weighted by molar-refractivity contribution is 8.77. The summed E-state index contributed by atoms with van der Waals surface area (Å²) in [5.41, 5.74) is 9.71. The third-order valence-corrected chi connectivity index (χ3v) is 8.67. The zero-order valence-electron chi connectivity index (χ0n) is 17.7. The van der Waals surface area contributed by atoms with E-state index in [1.807, 2.05) is 41.1 Å². The second kappa shape index (κ2) is 8.95. The van der Waals surface area contributed by atoms with E-state index in [2.05, 4.69) is 9.97 Å². The summed E-state index contributed by atoms with van der Waals surface area (Å²) in [4.78, 5) is 20.5. The van der Waals surface area contributed by atoms with Gasteiger partial charge < -0.3 is 15.6 Å². The number of hydrogen-bond donors (Lipinski definition) is 2. The second-order valence-corrected chi connectivity index (χ2v) is 10.3. The second-order valence-electron chi connectivity index (χ2n) is 7.63. The molecule has 4 aromatic rings. The van der Waals surface area contributed by atoms with Crippen LogP contribution in [0.1, 0.15) is 21.8 Å². The molecule has 10 heteroatoms. The molecule has 0 bridgehead atoms. The zero-order valence-corrected chi connectivity index (χ0v) is 19.3. The van der Waals surface area contributed by atoms with Gasteiger partial charge in [-0.05, 0) is 35.9 Å². The fourth-order valence-electron chi connectivity index (χ4n) is 4.12. The highest BCUT2D eigenvalue weighted by atomic mass is 33.1. The number of nitrogen functional groups attached to an aromatic ring is 1. The molecule has 3 heterocycles. The smallest absolute Gasteiger partial charge is 0.335 e. The van der Waals surface area contributed by atoms with E-state index in [0.29, 0.717) is 34.7 Å². The van der Waals surface area contributed by atoms with Crippen molar-refractivity contribution in [3.63, 3.8) is 0 Å². The number of fused-ring (bicyclic) bond motifs is 1. The first-order valence-corrected chi connectivity index (χ1v) is 12.7. The maximum Gasteiger partial charge on any atom is 0.335 e. The summed E-state index contributed by atoms with van der Waals surface area (Å²) in [7, 11) is 5.13. The maximum atomic E-state index is 11.8. The van der Waals surface area contributed by atoms with E-state index in [4.69, 9.17) is 15.6 Å². The summed E-state index contributed by atoms with van der Waals surface area (Å²) in [6, 6.07) is 14.9. The van der Waals surface area contributed by atoms with Gasteiger partial charge in [-0.3, -0.25) is 0 Å². The number of carboxylic acids is 1. The third-order valence-electron chi connectivity index (χ3n) is 5.75. The molecule has 2 atom stereocenters. The van der Waals surface area contributed by atoms with E-state index in [1.165, 1.54) is 6.33 Å². The molecule has 1 saturated heterocycles. The van der Waals surface area contributed by atoms with Gasteiger partial charge in [-0.1, -0.05) is 39.8 Å². The van der Waals surface area contributed by atoms with Crippen LogP contribution in [-0.4, -0.2) is 48.9 Å². The van der Waals surface area contributed by atoms with Crippen LogP contribution in [0.5, 0.6) is 5.75 Å². The average Bonchev–Trinajstić information content (AvgIpc) is 3.45. The van der Waals surface area contributed by atoms with Gasteiger partial charge in [0.15, 0.2) is 5.65 Å². The normalized spacial score (nSPS) is 18.0. The van der Waals surface area contributed by atoms with Gasteiger partial charge in [0.1, 0.15) is 23.6 Å². The van der Waals surface area contributed by atoms with E-state index in [-0.39, 0.29) is 11.2 Å². The van der Waals surface area contributed by atoms with Crippen LogP contribution in [0.25, 0.3) is 22.3 Å². The molecule has 2 aromatic heterocycles. The zero-order chi connectivity index (χ0) is 22.9. The molecule has 1 aliphatic rings. The topological polar surface area (TPSA) is 116 Å². The fraction of sp³-hybridized carbons (Fsp3) is 0.217. The Labute approximate surface area is 198 Å². The van der Waals surface area contributed by atoms with Crippen molar-refractivity contribution in [3.8, 4) is 17.0 Å². The number of benzene rings is 2. The van der Waals surface area contributed by atoms with Crippen molar-refractivity contribution in [3.05, 3.63) is 66.0 Å². The molecule has 0 saturated carbocycles. The lowest BCUT2D eigenvalue weighted by atomic mass is 9.92. The molecule has 168 valence electrons. The van der Waals surface area contributed by atoms with Gasteiger partial charge in [-0.25, -0.2) is 19.4 Å². The van der Waals surface area contributed by atoms with Gasteiger partial charge in [0.05, 0.1) is 24.6 Å². The van der Waals surface area contributed by atoms with E-state index in [1.54, 1.807) is 40.8 Å². The molecule has 8 nitrogen and oxygen atoms in total. The lowest BCUT2D eigenvalue weighted by Crippen LogP contribution is -2.21. The standard InChI is InChI=1S/C23H21N5O3S2/c1-31-14-8-6-13(7-9-14)20-19-21(24)25-12-26-22(19)28(27-20)10-18-17(11-32-33-18)15-4-2-3-5-16(15)23(29)30/h2-9,12,17-18H,10-11H2,1H3,(H,29,30)(H2,24,25,26)/t17-,18-/m0/s1. The summed E-state index contributed by atoms with van der Waals surface area (Å²) in [6.07, 6.45) is 1.45. The summed E-state index contributed by atoms with van der Waals surface area (Å²) in [5, 5.41) is 15.4. The Kier molecular flexibility index (Phi) is 5.86. The lowest BCUT2D eigenvalue weighted by molar-refractivity contribution is 0.0695. The Balaban J connectivity index is 1.54. The Bertz CT molecular complexity index is 1330. The van der Waals surface area contributed by atoms with Crippen LogP contribution < -0.4 is 10.5 Å². The predicted molar refractivity (Wildman–Crippen MR) is 132 cm³/mol. The number of ether oxygens (including phenoxy) is 1. The number of nitrogens with zero attached hydrogens (tertiary/aromatic N) is 4. The van der Waals surface area contributed by atoms with Crippen LogP contribution in [0.3, 0.4) is 0 Å². The highest BCUT2D eigenvalue weighted by Gasteiger charge is 2.34. The van der Waals surface area contributed by atoms with Crippen molar-refractivity contribution in [1.29, 1.82) is 0 Å². The largest absolute Gasteiger partial charge is 0.497 e. The molecule has 5 rings (SSSR count). The van der Waals surface area contributed by atoms with Gasteiger partial charge in [-0.2, -0.15) is 5.10 Å². The number of methoxy groups -OCH3 is 1. The van der Waals surface area contributed by atoms with Crippen LogP contribution in [0, 0.1) is 0 Å². The van der Waals surface area contributed by atoms with Gasteiger partial charge in [-0.15, -0.1) is 0 Å². The average molecular weight is 480 g/mol. The van der Waals surface area contributed by atoms with Crippen LogP contribution in [0.2, 0.25) is 0 Å². The fourth-order valence-corrected chi connectivity index (χ4v) is 7.41. The number of carboxylic acid groups (broad SMARTS) is 1. The Hall–Kier alpha value is -3.24.